The maximum Gasteiger partial charge on any atom is 0.258 e. The zero-order chi connectivity index (χ0) is 14.0. The van der Waals surface area contributed by atoms with E-state index in [1.807, 2.05) is 0 Å². The Kier molecular flexibility index (Phi) is 3.59. The average molecular weight is 263 g/mol. The molecule has 102 valence electrons. The van der Waals surface area contributed by atoms with Crippen LogP contribution in [0.25, 0.3) is 0 Å². The first-order valence-electron chi connectivity index (χ1n) is 6.16. The minimum Gasteiger partial charge on any atom is -0.505 e. The number of nitrogens with one attached hydrogen (secondary N) is 1. The number of aromatic hydroxyl groups is 1. The number of phenolic OH excluding ortho intramolecular Hbond substituents is 1. The van der Waals surface area contributed by atoms with E-state index in [1.165, 1.54) is 17.0 Å². The first-order valence-corrected chi connectivity index (χ1v) is 6.16. The molecule has 2 rings (SSSR count). The van der Waals surface area contributed by atoms with E-state index in [9.17, 15) is 14.7 Å². The van der Waals surface area contributed by atoms with Crippen LogP contribution in [0.2, 0.25) is 0 Å². The number of likely N-dealkylation sites (N-methyl/N-ethyl adjacent to an activating group) is 1. The highest BCUT2D eigenvalue weighted by molar-refractivity contribution is 6.01. The van der Waals surface area contributed by atoms with Gasteiger partial charge in [-0.25, -0.2) is 0 Å². The Hall–Kier alpha value is -2.24. The minimum atomic E-state index is -0.474. The second kappa shape index (κ2) is 5.17. The Morgan fingerprint density at radius 1 is 1.47 bits per heavy atom. The van der Waals surface area contributed by atoms with Gasteiger partial charge in [0.15, 0.2) is 5.75 Å². The number of hydrogen-bond acceptors (Lipinski definition) is 4. The molecule has 0 radical (unpaired) electrons. The molecule has 4 N–H and O–H groups in total. The van der Waals surface area contributed by atoms with Gasteiger partial charge >= 0.3 is 0 Å². The summed E-state index contributed by atoms with van der Waals surface area (Å²) < 4.78 is 0. The molecule has 1 heterocycles. The van der Waals surface area contributed by atoms with Gasteiger partial charge in [0, 0.05) is 13.6 Å². The molecular formula is C13H17N3O3. The second-order valence-electron chi connectivity index (χ2n) is 4.51. The van der Waals surface area contributed by atoms with Gasteiger partial charge in [0.1, 0.15) is 6.04 Å². The fraction of sp³-hybridized carbons (Fsp3) is 0.385. The highest BCUT2D eigenvalue weighted by atomic mass is 16.3. The molecule has 1 fully saturated rings. The lowest BCUT2D eigenvalue weighted by atomic mass is 10.1. The summed E-state index contributed by atoms with van der Waals surface area (Å²) in [6, 6.07) is 4.16. The maximum atomic E-state index is 12.4. The number of phenols is 1. The van der Waals surface area contributed by atoms with Crippen molar-refractivity contribution in [2.75, 3.05) is 19.3 Å². The molecule has 0 aliphatic carbocycles. The molecule has 1 aromatic rings. The number of nitrogens with zero attached hydrogens (tertiary/aromatic N) is 1. The molecule has 0 spiro atoms. The van der Waals surface area contributed by atoms with Gasteiger partial charge in [-0.1, -0.05) is 6.07 Å². The van der Waals surface area contributed by atoms with E-state index in [-0.39, 0.29) is 28.8 Å². The Labute approximate surface area is 111 Å². The van der Waals surface area contributed by atoms with Crippen molar-refractivity contribution in [2.45, 2.75) is 18.9 Å². The van der Waals surface area contributed by atoms with Gasteiger partial charge in [-0.2, -0.15) is 0 Å². The topological polar surface area (TPSA) is 95.7 Å². The number of anilines is 1. The molecule has 1 aromatic carbocycles. The summed E-state index contributed by atoms with van der Waals surface area (Å²) in [7, 11) is 1.54. The van der Waals surface area contributed by atoms with Crippen LogP contribution in [0.1, 0.15) is 23.2 Å². The third-order valence-corrected chi connectivity index (χ3v) is 3.36. The number of carbonyl (C=O) groups is 2. The standard InChI is InChI=1S/C13H17N3O3/c1-15-12(18)10-6-3-7-16(10)13(19)8-4-2-5-9(14)11(8)17/h2,4-5,10,17H,3,6-7,14H2,1H3,(H,15,18). The molecular weight excluding hydrogens is 246 g/mol. The quantitative estimate of drug-likeness (QED) is 0.529. The molecule has 1 saturated heterocycles. The molecule has 6 nitrogen and oxygen atoms in total. The predicted molar refractivity (Wildman–Crippen MR) is 70.6 cm³/mol. The molecule has 19 heavy (non-hydrogen) atoms. The van der Waals surface area contributed by atoms with Crippen molar-refractivity contribution in [3.8, 4) is 5.75 Å². The van der Waals surface area contributed by atoms with Crippen LogP contribution in [-0.2, 0) is 4.79 Å². The summed E-state index contributed by atoms with van der Waals surface area (Å²) >= 11 is 0. The molecule has 0 bridgehead atoms. The summed E-state index contributed by atoms with van der Waals surface area (Å²) in [5.74, 6) is -0.778. The Bertz CT molecular complexity index is 516. The number of hydrogen-bond donors (Lipinski definition) is 3. The van der Waals surface area contributed by atoms with Crippen molar-refractivity contribution in [3.63, 3.8) is 0 Å². The molecule has 1 unspecified atom stereocenters. The van der Waals surface area contributed by atoms with Gasteiger partial charge in [0.05, 0.1) is 11.3 Å². The molecule has 2 amide bonds. The highest BCUT2D eigenvalue weighted by Crippen LogP contribution is 2.28. The Morgan fingerprint density at radius 2 is 2.21 bits per heavy atom. The average Bonchev–Trinajstić information content (AvgIpc) is 2.89. The number of nitrogens with two attached hydrogens (primary N) is 1. The molecule has 1 aliphatic rings. The summed E-state index contributed by atoms with van der Waals surface area (Å²) in [5, 5.41) is 12.4. The van der Waals surface area contributed by atoms with Crippen molar-refractivity contribution < 1.29 is 14.7 Å². The lowest BCUT2D eigenvalue weighted by molar-refractivity contribution is -0.124. The summed E-state index contributed by atoms with van der Waals surface area (Å²) in [5.41, 5.74) is 5.87. The van der Waals surface area contributed by atoms with E-state index in [0.29, 0.717) is 13.0 Å². The normalized spacial score (nSPS) is 18.4. The fourth-order valence-corrected chi connectivity index (χ4v) is 2.34. The minimum absolute atomic E-state index is 0.135. The fourth-order valence-electron chi connectivity index (χ4n) is 2.34. The molecule has 0 saturated carbocycles. The third kappa shape index (κ3) is 2.33. The van der Waals surface area contributed by atoms with Crippen LogP contribution in [0.4, 0.5) is 5.69 Å². The van der Waals surface area contributed by atoms with Crippen molar-refractivity contribution in [2.24, 2.45) is 0 Å². The van der Waals surface area contributed by atoms with Crippen LogP contribution in [0, 0.1) is 0 Å². The lowest BCUT2D eigenvalue weighted by Crippen LogP contribution is -2.44. The smallest absolute Gasteiger partial charge is 0.258 e. The highest BCUT2D eigenvalue weighted by Gasteiger charge is 2.34. The van der Waals surface area contributed by atoms with Crippen molar-refractivity contribution in [1.29, 1.82) is 0 Å². The van der Waals surface area contributed by atoms with Crippen molar-refractivity contribution >= 4 is 17.5 Å². The van der Waals surface area contributed by atoms with Crippen LogP contribution in [0.3, 0.4) is 0 Å². The number of para-hydroxylation sites is 1. The van der Waals surface area contributed by atoms with Crippen LogP contribution >= 0.6 is 0 Å². The molecule has 6 heteroatoms. The summed E-state index contributed by atoms with van der Waals surface area (Å²) in [6.07, 6.45) is 1.40. The number of nitrogen functional groups attached to an aromatic ring is 1. The number of likely N-dealkylation sites (tertiary alicyclic amines) is 1. The molecule has 0 aromatic heterocycles. The van der Waals surface area contributed by atoms with Crippen molar-refractivity contribution in [3.05, 3.63) is 23.8 Å². The van der Waals surface area contributed by atoms with Gasteiger partial charge in [-0.05, 0) is 25.0 Å². The van der Waals surface area contributed by atoms with E-state index >= 15 is 0 Å². The zero-order valence-electron chi connectivity index (χ0n) is 10.7. The first-order chi connectivity index (χ1) is 9.06. The third-order valence-electron chi connectivity index (χ3n) is 3.36. The second-order valence-corrected chi connectivity index (χ2v) is 4.51. The number of carbonyl (C=O) groups excluding carboxylic acids is 2. The van der Waals surface area contributed by atoms with Gasteiger partial charge in [0.25, 0.3) is 5.91 Å². The van der Waals surface area contributed by atoms with E-state index in [2.05, 4.69) is 5.32 Å². The summed E-state index contributed by atoms with van der Waals surface area (Å²) in [6.45, 7) is 0.505. The number of benzene rings is 1. The number of rotatable bonds is 2. The van der Waals surface area contributed by atoms with Gasteiger partial charge < -0.3 is 21.1 Å². The predicted octanol–water partition coefficient (Wildman–Crippen LogP) is 0.325. The monoisotopic (exact) mass is 263 g/mol. The van der Waals surface area contributed by atoms with Gasteiger partial charge in [-0.15, -0.1) is 0 Å². The lowest BCUT2D eigenvalue weighted by Gasteiger charge is -2.23. The van der Waals surface area contributed by atoms with Gasteiger partial charge in [0.2, 0.25) is 5.91 Å². The SMILES string of the molecule is CNC(=O)C1CCCN1C(=O)c1cccc(N)c1O. The van der Waals surface area contributed by atoms with Crippen LogP contribution in [0.15, 0.2) is 18.2 Å². The van der Waals surface area contributed by atoms with E-state index in [1.54, 1.807) is 13.1 Å². The largest absolute Gasteiger partial charge is 0.505 e. The van der Waals surface area contributed by atoms with E-state index < -0.39 is 6.04 Å². The van der Waals surface area contributed by atoms with Crippen LogP contribution in [-0.4, -0.2) is 41.5 Å². The van der Waals surface area contributed by atoms with Crippen molar-refractivity contribution in [1.82, 2.24) is 10.2 Å². The maximum absolute atomic E-state index is 12.4. The molecule has 1 aliphatic heterocycles. The Balaban J connectivity index is 2.28. The van der Waals surface area contributed by atoms with E-state index in [0.717, 1.165) is 6.42 Å². The van der Waals surface area contributed by atoms with E-state index in [4.69, 9.17) is 5.73 Å². The zero-order valence-corrected chi connectivity index (χ0v) is 10.7. The summed E-state index contributed by atoms with van der Waals surface area (Å²) in [4.78, 5) is 25.6. The van der Waals surface area contributed by atoms with Gasteiger partial charge in [-0.3, -0.25) is 9.59 Å². The Morgan fingerprint density at radius 3 is 2.89 bits per heavy atom. The van der Waals surface area contributed by atoms with Crippen LogP contribution < -0.4 is 11.1 Å². The number of amides is 2. The first kappa shape index (κ1) is 13.2. The molecule has 1 atom stereocenters. The van der Waals surface area contributed by atoms with Crippen LogP contribution in [0.5, 0.6) is 5.75 Å².